The van der Waals surface area contributed by atoms with Crippen LogP contribution in [0.25, 0.3) is 0 Å². The quantitative estimate of drug-likeness (QED) is 0.459. The van der Waals surface area contributed by atoms with Gasteiger partial charge in [0.15, 0.2) is 0 Å². The van der Waals surface area contributed by atoms with Crippen LogP contribution in [-0.2, 0) is 0 Å². The van der Waals surface area contributed by atoms with E-state index in [1.807, 2.05) is 6.07 Å². The molecule has 2 N–H and O–H groups in total. The minimum absolute atomic E-state index is 0.0716. The highest BCUT2D eigenvalue weighted by molar-refractivity contribution is 6.02. The molecule has 26 heavy (non-hydrogen) atoms. The number of anilines is 2. The lowest BCUT2D eigenvalue weighted by Gasteiger charge is -2.28. The third kappa shape index (κ3) is 4.42. The van der Waals surface area contributed by atoms with E-state index in [1.165, 1.54) is 6.07 Å². The molecule has 0 saturated heterocycles. The number of nitrogens with one attached hydrogen (secondary N) is 2. The maximum absolute atomic E-state index is 12.8. The molecule has 0 unspecified atom stereocenters. The van der Waals surface area contributed by atoms with Gasteiger partial charge in [0.2, 0.25) is 0 Å². The first-order valence-electron chi connectivity index (χ1n) is 8.76. The third-order valence-corrected chi connectivity index (χ3v) is 4.89. The average Bonchev–Trinajstić information content (AvgIpc) is 2.62. The lowest BCUT2D eigenvalue weighted by atomic mass is 9.87. The first-order chi connectivity index (χ1) is 12.4. The summed E-state index contributed by atoms with van der Waals surface area (Å²) in [4.78, 5) is 25.3. The molecule has 1 amide bonds. The highest BCUT2D eigenvalue weighted by atomic mass is 16.6. The fourth-order valence-corrected chi connectivity index (χ4v) is 3.28. The summed E-state index contributed by atoms with van der Waals surface area (Å²) in [5.74, 6) is 0.326. The van der Waals surface area contributed by atoms with E-state index in [0.29, 0.717) is 17.3 Å². The van der Waals surface area contributed by atoms with Crippen LogP contribution in [-0.4, -0.2) is 37.5 Å². The second kappa shape index (κ2) is 8.52. The molecule has 1 aliphatic carbocycles. The van der Waals surface area contributed by atoms with Crippen LogP contribution in [0.2, 0.25) is 0 Å². The minimum Gasteiger partial charge on any atom is -0.383 e. The van der Waals surface area contributed by atoms with E-state index >= 15 is 0 Å². The van der Waals surface area contributed by atoms with Crippen molar-refractivity contribution in [2.45, 2.75) is 38.6 Å². The zero-order chi connectivity index (χ0) is 19.3. The van der Waals surface area contributed by atoms with Gasteiger partial charge in [-0.05, 0) is 37.7 Å². The minimum atomic E-state index is -0.515. The van der Waals surface area contributed by atoms with Crippen LogP contribution in [0, 0.1) is 27.4 Å². The van der Waals surface area contributed by atoms with Crippen LogP contribution in [0.3, 0.4) is 0 Å². The molecule has 0 heterocycles. The van der Waals surface area contributed by atoms with Crippen molar-refractivity contribution in [3.8, 4) is 6.07 Å². The van der Waals surface area contributed by atoms with E-state index in [4.69, 9.17) is 5.26 Å². The van der Waals surface area contributed by atoms with Crippen LogP contribution < -0.4 is 15.5 Å². The van der Waals surface area contributed by atoms with Crippen LogP contribution in [0.15, 0.2) is 12.1 Å². The molecule has 0 bridgehead atoms. The van der Waals surface area contributed by atoms with Crippen molar-refractivity contribution in [3.05, 3.63) is 27.8 Å². The Balaban J connectivity index is 2.36. The molecular weight excluding hydrogens is 334 g/mol. The van der Waals surface area contributed by atoms with Gasteiger partial charge in [0, 0.05) is 26.2 Å². The summed E-state index contributed by atoms with van der Waals surface area (Å²) in [6.45, 7) is 2.27. The number of hydrogen-bond donors (Lipinski definition) is 2. The normalized spacial score (nSPS) is 19.3. The van der Waals surface area contributed by atoms with E-state index in [-0.39, 0.29) is 29.7 Å². The Morgan fingerprint density at radius 2 is 2.04 bits per heavy atom. The number of nitriles is 1. The molecule has 1 aromatic rings. The Bertz CT molecular complexity index is 720. The predicted octanol–water partition coefficient (Wildman–Crippen LogP) is 2.90. The van der Waals surface area contributed by atoms with Crippen molar-refractivity contribution in [3.63, 3.8) is 0 Å². The summed E-state index contributed by atoms with van der Waals surface area (Å²) in [5, 5.41) is 26.1. The van der Waals surface area contributed by atoms with Gasteiger partial charge in [0.05, 0.1) is 22.2 Å². The van der Waals surface area contributed by atoms with Gasteiger partial charge in [0.1, 0.15) is 12.2 Å². The number of benzene rings is 1. The van der Waals surface area contributed by atoms with E-state index in [2.05, 4.69) is 17.6 Å². The molecule has 2 rings (SSSR count). The Morgan fingerprint density at radius 1 is 1.38 bits per heavy atom. The zero-order valence-electron chi connectivity index (χ0n) is 15.4. The Kier molecular flexibility index (Phi) is 6.39. The molecule has 1 saturated carbocycles. The predicted molar refractivity (Wildman–Crippen MR) is 100 cm³/mol. The van der Waals surface area contributed by atoms with Gasteiger partial charge in [-0.15, -0.1) is 0 Å². The molecule has 1 fully saturated rings. The highest BCUT2D eigenvalue weighted by Crippen LogP contribution is 2.33. The Morgan fingerprint density at radius 3 is 2.58 bits per heavy atom. The topological polar surface area (TPSA) is 111 Å². The number of rotatable bonds is 6. The van der Waals surface area contributed by atoms with Gasteiger partial charge in [0.25, 0.3) is 11.6 Å². The molecular formula is C18H25N5O3. The van der Waals surface area contributed by atoms with Crippen molar-refractivity contribution < 1.29 is 9.72 Å². The molecule has 1 aliphatic rings. The third-order valence-electron chi connectivity index (χ3n) is 4.89. The van der Waals surface area contributed by atoms with Crippen LogP contribution in [0.4, 0.5) is 17.1 Å². The van der Waals surface area contributed by atoms with Crippen LogP contribution in [0.5, 0.6) is 0 Å². The standard InChI is InChI=1S/C18H25N5O3/c1-12-4-6-13(7-5-12)21-18(24)14-10-17(23(25)26)15(20-2)11-16(14)22(3)9-8-19/h10-13,20H,4-7,9H2,1-3H3,(H,21,24)/t12-,13-. The second-order valence-corrected chi connectivity index (χ2v) is 6.84. The van der Waals surface area contributed by atoms with E-state index in [9.17, 15) is 14.9 Å². The molecule has 0 spiro atoms. The van der Waals surface area contributed by atoms with Crippen molar-refractivity contribution >= 4 is 23.0 Å². The smallest absolute Gasteiger partial charge is 0.293 e. The average molecular weight is 359 g/mol. The van der Waals surface area contributed by atoms with Crippen LogP contribution in [0.1, 0.15) is 43.0 Å². The first-order valence-corrected chi connectivity index (χ1v) is 8.76. The van der Waals surface area contributed by atoms with Gasteiger partial charge < -0.3 is 15.5 Å². The Hall–Kier alpha value is -2.82. The number of amides is 1. The van der Waals surface area contributed by atoms with E-state index in [1.54, 1.807) is 25.1 Å². The number of carbonyl (C=O) groups excluding carboxylic acids is 1. The fraction of sp³-hybridized carbons (Fsp3) is 0.556. The molecule has 8 heteroatoms. The molecule has 0 radical (unpaired) electrons. The van der Waals surface area contributed by atoms with Gasteiger partial charge in [-0.3, -0.25) is 14.9 Å². The maximum Gasteiger partial charge on any atom is 0.293 e. The summed E-state index contributed by atoms with van der Waals surface area (Å²) in [6.07, 6.45) is 3.94. The summed E-state index contributed by atoms with van der Waals surface area (Å²) >= 11 is 0. The maximum atomic E-state index is 12.8. The van der Waals surface area contributed by atoms with E-state index < -0.39 is 4.92 Å². The fourth-order valence-electron chi connectivity index (χ4n) is 3.28. The number of nitro benzene ring substituents is 1. The van der Waals surface area contributed by atoms with Crippen molar-refractivity contribution in [2.75, 3.05) is 30.9 Å². The summed E-state index contributed by atoms with van der Waals surface area (Å²) in [6, 6.07) is 4.95. The largest absolute Gasteiger partial charge is 0.383 e. The van der Waals surface area contributed by atoms with Crippen molar-refractivity contribution in [1.82, 2.24) is 5.32 Å². The van der Waals surface area contributed by atoms with Crippen molar-refractivity contribution in [2.24, 2.45) is 5.92 Å². The van der Waals surface area contributed by atoms with E-state index in [0.717, 1.165) is 25.7 Å². The van der Waals surface area contributed by atoms with Crippen LogP contribution >= 0.6 is 0 Å². The second-order valence-electron chi connectivity index (χ2n) is 6.84. The van der Waals surface area contributed by atoms with Gasteiger partial charge >= 0.3 is 0 Å². The lowest BCUT2D eigenvalue weighted by molar-refractivity contribution is -0.383. The highest BCUT2D eigenvalue weighted by Gasteiger charge is 2.26. The number of carbonyl (C=O) groups is 1. The summed E-state index contributed by atoms with van der Waals surface area (Å²) in [5.41, 5.74) is 0.845. The first kappa shape index (κ1) is 19.5. The molecule has 0 atom stereocenters. The SMILES string of the molecule is CNc1cc(N(C)CC#N)c(C(=O)N[C@H]2CC[C@H](C)CC2)cc1[N+](=O)[O-]. The summed E-state index contributed by atoms with van der Waals surface area (Å²) in [7, 11) is 3.27. The van der Waals surface area contributed by atoms with Crippen molar-refractivity contribution in [1.29, 1.82) is 5.26 Å². The number of hydrogen-bond acceptors (Lipinski definition) is 6. The monoisotopic (exact) mass is 359 g/mol. The number of nitro groups is 1. The molecule has 0 aromatic heterocycles. The Labute approximate surface area is 153 Å². The molecule has 8 nitrogen and oxygen atoms in total. The summed E-state index contributed by atoms with van der Waals surface area (Å²) < 4.78 is 0. The zero-order valence-corrected chi connectivity index (χ0v) is 15.4. The molecule has 140 valence electrons. The van der Waals surface area contributed by atoms with Gasteiger partial charge in [-0.25, -0.2) is 0 Å². The lowest BCUT2D eigenvalue weighted by Crippen LogP contribution is -2.38. The molecule has 0 aliphatic heterocycles. The molecule has 1 aromatic carbocycles. The number of nitrogens with zero attached hydrogens (tertiary/aromatic N) is 3. The van der Waals surface area contributed by atoms with Gasteiger partial charge in [-0.2, -0.15) is 5.26 Å². The van der Waals surface area contributed by atoms with Gasteiger partial charge in [-0.1, -0.05) is 6.92 Å².